The third-order valence-electron chi connectivity index (χ3n) is 4.40. The molecular formula is C20H17BrN4O6. The number of nitrogens with one attached hydrogen (secondary N) is 1. The lowest BCUT2D eigenvalue weighted by molar-refractivity contribution is -0.392. The van der Waals surface area contributed by atoms with Gasteiger partial charge in [-0.1, -0.05) is 6.07 Å². The maximum absolute atomic E-state index is 12.5. The number of aryl methyl sites for hydroxylation is 1. The highest BCUT2D eigenvalue weighted by Gasteiger charge is 2.18. The lowest BCUT2D eigenvalue weighted by Crippen LogP contribution is -2.15. The quantitative estimate of drug-likeness (QED) is 0.362. The van der Waals surface area contributed by atoms with Gasteiger partial charge in [0.15, 0.2) is 5.82 Å². The van der Waals surface area contributed by atoms with E-state index in [2.05, 4.69) is 26.2 Å². The molecule has 2 N–H and O–H groups in total. The minimum Gasteiger partial charge on any atom is -0.489 e. The zero-order chi connectivity index (χ0) is 22.5. The monoisotopic (exact) mass is 488 g/mol. The molecular weight excluding hydrogens is 472 g/mol. The van der Waals surface area contributed by atoms with Crippen LogP contribution in [0.2, 0.25) is 0 Å². The van der Waals surface area contributed by atoms with E-state index < -0.39 is 16.8 Å². The summed E-state index contributed by atoms with van der Waals surface area (Å²) < 4.78 is 7.50. The largest absolute Gasteiger partial charge is 0.489 e. The van der Waals surface area contributed by atoms with E-state index in [1.54, 1.807) is 31.2 Å². The first-order chi connectivity index (χ1) is 14.8. The first-order valence-corrected chi connectivity index (χ1v) is 9.79. The van der Waals surface area contributed by atoms with Crippen LogP contribution in [0.25, 0.3) is 0 Å². The van der Waals surface area contributed by atoms with Crippen molar-refractivity contribution in [3.63, 3.8) is 0 Å². The molecule has 3 rings (SSSR count). The number of carbonyl (C=O) groups is 2. The lowest BCUT2D eigenvalue weighted by atomic mass is 10.1. The first kappa shape index (κ1) is 22.0. The van der Waals surface area contributed by atoms with Gasteiger partial charge < -0.3 is 25.3 Å². The van der Waals surface area contributed by atoms with Crippen LogP contribution in [0.15, 0.2) is 53.1 Å². The van der Waals surface area contributed by atoms with Gasteiger partial charge in [0.2, 0.25) is 0 Å². The van der Waals surface area contributed by atoms with E-state index in [0.29, 0.717) is 21.6 Å². The SMILES string of the molecule is Cc1ncc([N+](=O)[O-])n1CCOc1ccc(C(=O)Nc2c(Br)cccc2C(=O)O)cc1. The number of aromatic nitrogens is 2. The van der Waals surface area contributed by atoms with E-state index in [4.69, 9.17) is 4.74 Å². The van der Waals surface area contributed by atoms with Gasteiger partial charge in [0.05, 0.1) is 11.3 Å². The Hall–Kier alpha value is -3.73. The summed E-state index contributed by atoms with van der Waals surface area (Å²) in [4.78, 5) is 38.3. The van der Waals surface area contributed by atoms with Crippen molar-refractivity contribution < 1.29 is 24.4 Å². The Labute approximate surface area is 184 Å². The molecule has 3 aromatic rings. The first-order valence-electron chi connectivity index (χ1n) is 9.00. The van der Waals surface area contributed by atoms with Crippen molar-refractivity contribution in [2.24, 2.45) is 0 Å². The van der Waals surface area contributed by atoms with Crippen molar-refractivity contribution >= 4 is 39.3 Å². The second kappa shape index (κ2) is 9.39. The molecule has 0 fully saturated rings. The number of hydrogen-bond donors (Lipinski definition) is 2. The van der Waals surface area contributed by atoms with Gasteiger partial charge in [-0.2, -0.15) is 0 Å². The number of aromatic carboxylic acids is 1. The molecule has 0 radical (unpaired) electrons. The third kappa shape index (κ3) is 5.07. The highest BCUT2D eigenvalue weighted by atomic mass is 79.9. The molecule has 0 spiro atoms. The molecule has 0 saturated carbocycles. The van der Waals surface area contributed by atoms with E-state index in [0.717, 1.165) is 0 Å². The second-order valence-corrected chi connectivity index (χ2v) is 7.22. The molecule has 0 aliphatic heterocycles. The molecule has 11 heteroatoms. The summed E-state index contributed by atoms with van der Waals surface area (Å²) in [6, 6.07) is 10.8. The number of imidazole rings is 1. The van der Waals surface area contributed by atoms with Gasteiger partial charge in [0.25, 0.3) is 5.91 Å². The molecule has 0 saturated heterocycles. The van der Waals surface area contributed by atoms with Crippen molar-refractivity contribution in [3.05, 3.63) is 80.2 Å². The average Bonchev–Trinajstić information content (AvgIpc) is 3.10. The number of ether oxygens (including phenoxy) is 1. The maximum Gasteiger partial charge on any atom is 0.342 e. The molecule has 1 heterocycles. The Morgan fingerprint density at radius 1 is 1.26 bits per heavy atom. The summed E-state index contributed by atoms with van der Waals surface area (Å²) >= 11 is 3.25. The molecule has 1 amide bonds. The molecule has 160 valence electrons. The second-order valence-electron chi connectivity index (χ2n) is 6.37. The number of nitrogens with zero attached hydrogens (tertiary/aromatic N) is 3. The predicted molar refractivity (Wildman–Crippen MR) is 115 cm³/mol. The topological polar surface area (TPSA) is 137 Å². The molecule has 0 aliphatic carbocycles. The Balaban J connectivity index is 1.63. The van der Waals surface area contributed by atoms with Crippen LogP contribution >= 0.6 is 15.9 Å². The van der Waals surface area contributed by atoms with Crippen molar-refractivity contribution in [2.45, 2.75) is 13.5 Å². The summed E-state index contributed by atoms with van der Waals surface area (Å²) in [5.41, 5.74) is 0.435. The fraction of sp³-hybridized carbons (Fsp3) is 0.150. The minimum atomic E-state index is -1.16. The van der Waals surface area contributed by atoms with Gasteiger partial charge >= 0.3 is 11.8 Å². The van der Waals surface area contributed by atoms with Gasteiger partial charge in [-0.25, -0.2) is 14.3 Å². The van der Waals surface area contributed by atoms with Crippen LogP contribution < -0.4 is 10.1 Å². The molecule has 31 heavy (non-hydrogen) atoms. The Morgan fingerprint density at radius 2 is 1.97 bits per heavy atom. The van der Waals surface area contributed by atoms with Crippen LogP contribution in [0.4, 0.5) is 11.5 Å². The van der Waals surface area contributed by atoms with Crippen molar-refractivity contribution in [1.82, 2.24) is 9.55 Å². The summed E-state index contributed by atoms with van der Waals surface area (Å²) in [5, 5.41) is 22.9. The number of rotatable bonds is 8. The van der Waals surface area contributed by atoms with Gasteiger partial charge in [-0.15, -0.1) is 0 Å². The highest BCUT2D eigenvalue weighted by Crippen LogP contribution is 2.27. The molecule has 0 aliphatic rings. The Bertz CT molecular complexity index is 1140. The highest BCUT2D eigenvalue weighted by molar-refractivity contribution is 9.10. The molecule has 1 aromatic heterocycles. The van der Waals surface area contributed by atoms with Gasteiger partial charge in [0, 0.05) is 17.0 Å². The fourth-order valence-electron chi connectivity index (χ4n) is 2.85. The predicted octanol–water partition coefficient (Wildman–Crippen LogP) is 3.89. The smallest absolute Gasteiger partial charge is 0.342 e. The number of anilines is 1. The van der Waals surface area contributed by atoms with E-state index >= 15 is 0 Å². The fourth-order valence-corrected chi connectivity index (χ4v) is 3.32. The molecule has 0 unspecified atom stereocenters. The number of carboxylic acid groups (broad SMARTS) is 1. The Kier molecular flexibility index (Phi) is 6.65. The van der Waals surface area contributed by atoms with E-state index in [1.807, 2.05) is 0 Å². The molecule has 10 nitrogen and oxygen atoms in total. The number of halogens is 1. The summed E-state index contributed by atoms with van der Waals surface area (Å²) in [7, 11) is 0. The van der Waals surface area contributed by atoms with Gasteiger partial charge in [-0.05, 0) is 57.3 Å². The Morgan fingerprint density at radius 3 is 2.61 bits per heavy atom. The van der Waals surface area contributed by atoms with Crippen molar-refractivity contribution in [2.75, 3.05) is 11.9 Å². The number of nitro groups is 1. The number of carbonyl (C=O) groups excluding carboxylic acids is 1. The van der Waals surface area contributed by atoms with E-state index in [-0.39, 0.29) is 30.2 Å². The third-order valence-corrected chi connectivity index (χ3v) is 5.06. The number of amides is 1. The summed E-state index contributed by atoms with van der Waals surface area (Å²) in [5.74, 6) is -0.764. The normalized spacial score (nSPS) is 10.5. The van der Waals surface area contributed by atoms with Crippen LogP contribution in [-0.2, 0) is 6.54 Å². The van der Waals surface area contributed by atoms with Gasteiger partial charge in [0.1, 0.15) is 25.1 Å². The van der Waals surface area contributed by atoms with Crippen LogP contribution in [-0.4, -0.2) is 38.1 Å². The maximum atomic E-state index is 12.5. The van der Waals surface area contributed by atoms with Crippen LogP contribution in [0.3, 0.4) is 0 Å². The average molecular weight is 489 g/mol. The van der Waals surface area contributed by atoms with Crippen LogP contribution in [0.1, 0.15) is 26.5 Å². The number of benzene rings is 2. The number of para-hydroxylation sites is 1. The van der Waals surface area contributed by atoms with Crippen molar-refractivity contribution in [1.29, 1.82) is 0 Å². The van der Waals surface area contributed by atoms with Crippen LogP contribution in [0.5, 0.6) is 5.75 Å². The zero-order valence-electron chi connectivity index (χ0n) is 16.2. The van der Waals surface area contributed by atoms with Crippen LogP contribution in [0, 0.1) is 17.0 Å². The van der Waals surface area contributed by atoms with E-state index in [1.165, 1.54) is 29.0 Å². The van der Waals surface area contributed by atoms with Crippen molar-refractivity contribution in [3.8, 4) is 5.75 Å². The molecule has 2 aromatic carbocycles. The molecule has 0 bridgehead atoms. The zero-order valence-corrected chi connectivity index (χ0v) is 17.8. The van der Waals surface area contributed by atoms with E-state index in [9.17, 15) is 24.8 Å². The standard InChI is InChI=1S/C20H17BrN4O6/c1-12-22-11-17(25(29)30)24(12)9-10-31-14-7-5-13(6-8-14)19(26)23-18-15(20(27)28)3-2-4-16(18)21/h2-8,11H,9-10H2,1H3,(H,23,26)(H,27,28). The number of carboxylic acids is 1. The lowest BCUT2D eigenvalue weighted by Gasteiger charge is -2.11. The number of hydrogen-bond acceptors (Lipinski definition) is 6. The summed E-state index contributed by atoms with van der Waals surface area (Å²) in [6.07, 6.45) is 1.20. The molecule has 0 atom stereocenters. The van der Waals surface area contributed by atoms with Gasteiger partial charge in [-0.3, -0.25) is 4.79 Å². The summed E-state index contributed by atoms with van der Waals surface area (Å²) in [6.45, 7) is 2.08. The minimum absolute atomic E-state index is 0.0356.